The van der Waals surface area contributed by atoms with E-state index in [1.807, 2.05) is 6.07 Å². The number of benzene rings is 1. The quantitative estimate of drug-likeness (QED) is 0.681. The second-order valence-corrected chi connectivity index (χ2v) is 7.58. The molecule has 1 fully saturated rings. The lowest BCUT2D eigenvalue weighted by molar-refractivity contribution is 0.200. The van der Waals surface area contributed by atoms with E-state index in [9.17, 15) is 9.50 Å². The summed E-state index contributed by atoms with van der Waals surface area (Å²) >= 11 is 1.31. The highest BCUT2D eigenvalue weighted by Crippen LogP contribution is 2.36. The van der Waals surface area contributed by atoms with Gasteiger partial charge in [-0.25, -0.2) is 4.39 Å². The van der Waals surface area contributed by atoms with Crippen molar-refractivity contribution in [2.75, 3.05) is 31.6 Å². The second kappa shape index (κ2) is 8.04. The Hall–Kier alpha value is -2.83. The molecule has 3 heterocycles. The first kappa shape index (κ1) is 18.5. The van der Waals surface area contributed by atoms with Crippen molar-refractivity contribution in [2.45, 2.75) is 18.9 Å². The number of hydrogen-bond acceptors (Lipinski definition) is 8. The van der Waals surface area contributed by atoms with Crippen molar-refractivity contribution in [3.63, 3.8) is 0 Å². The molecular formula is C19H19FN6OS. The van der Waals surface area contributed by atoms with Crippen LogP contribution in [0, 0.1) is 11.3 Å². The summed E-state index contributed by atoms with van der Waals surface area (Å²) in [6, 6.07) is 6.89. The van der Waals surface area contributed by atoms with Crippen molar-refractivity contribution < 1.29 is 9.50 Å². The Morgan fingerprint density at radius 2 is 2.29 bits per heavy atom. The van der Waals surface area contributed by atoms with Crippen LogP contribution in [0.2, 0.25) is 0 Å². The Balaban J connectivity index is 1.64. The lowest BCUT2D eigenvalue weighted by Gasteiger charge is -2.32. The van der Waals surface area contributed by atoms with Gasteiger partial charge >= 0.3 is 0 Å². The predicted molar refractivity (Wildman–Crippen MR) is 106 cm³/mol. The normalized spacial score (nSPS) is 17.5. The van der Waals surface area contributed by atoms with Crippen LogP contribution in [0.25, 0.3) is 21.3 Å². The van der Waals surface area contributed by atoms with E-state index in [1.54, 1.807) is 18.3 Å². The molecule has 2 aromatic heterocycles. The highest BCUT2D eigenvalue weighted by molar-refractivity contribution is 7.14. The highest BCUT2D eigenvalue weighted by atomic mass is 32.1. The number of nitrogens with zero attached hydrogens (tertiary/aromatic N) is 5. The molecule has 1 aromatic carbocycles. The predicted octanol–water partition coefficient (Wildman–Crippen LogP) is 3.18. The van der Waals surface area contributed by atoms with Gasteiger partial charge in [-0.1, -0.05) is 0 Å². The summed E-state index contributed by atoms with van der Waals surface area (Å²) in [7, 11) is 0. The monoisotopic (exact) mass is 398 g/mol. The van der Waals surface area contributed by atoms with E-state index in [1.165, 1.54) is 17.6 Å². The first-order valence-corrected chi connectivity index (χ1v) is 9.86. The van der Waals surface area contributed by atoms with Crippen LogP contribution in [0.1, 0.15) is 18.4 Å². The minimum atomic E-state index is -0.339. The van der Waals surface area contributed by atoms with Crippen molar-refractivity contribution >= 4 is 27.4 Å². The summed E-state index contributed by atoms with van der Waals surface area (Å²) in [4.78, 5) is 2.11. The third-order valence-corrected chi connectivity index (χ3v) is 5.73. The molecule has 0 unspecified atom stereocenters. The minimum absolute atomic E-state index is 0.0179. The molecule has 1 aliphatic heterocycles. The van der Waals surface area contributed by atoms with Crippen molar-refractivity contribution in [3.8, 4) is 23.1 Å². The van der Waals surface area contributed by atoms with E-state index in [-0.39, 0.29) is 18.5 Å². The van der Waals surface area contributed by atoms with Gasteiger partial charge < -0.3 is 10.4 Å². The largest absolute Gasteiger partial charge is 0.507 e. The van der Waals surface area contributed by atoms with Gasteiger partial charge in [0.25, 0.3) is 0 Å². The number of nitrogens with one attached hydrogen (secondary N) is 1. The van der Waals surface area contributed by atoms with E-state index in [0.29, 0.717) is 29.2 Å². The van der Waals surface area contributed by atoms with Gasteiger partial charge in [-0.05, 0) is 49.1 Å². The molecule has 3 aromatic rings. The fourth-order valence-electron chi connectivity index (χ4n) is 3.56. The van der Waals surface area contributed by atoms with Crippen LogP contribution in [-0.4, -0.2) is 56.9 Å². The molecule has 0 amide bonds. The summed E-state index contributed by atoms with van der Waals surface area (Å²) < 4.78 is 17.8. The molecule has 0 spiro atoms. The average Bonchev–Trinajstić information content (AvgIpc) is 3.19. The van der Waals surface area contributed by atoms with Gasteiger partial charge in [0.15, 0.2) is 5.82 Å². The maximum absolute atomic E-state index is 12.7. The molecule has 1 atom stereocenters. The van der Waals surface area contributed by atoms with Crippen LogP contribution in [-0.2, 0) is 0 Å². The number of piperidine rings is 1. The van der Waals surface area contributed by atoms with Crippen LogP contribution in [0.5, 0.6) is 5.75 Å². The van der Waals surface area contributed by atoms with Crippen LogP contribution in [0.15, 0.2) is 24.4 Å². The summed E-state index contributed by atoms with van der Waals surface area (Å²) in [5.41, 5.74) is 1.41. The Labute approximate surface area is 165 Å². The Morgan fingerprint density at radius 1 is 1.39 bits per heavy atom. The molecule has 1 aliphatic rings. The van der Waals surface area contributed by atoms with Gasteiger partial charge in [-0.2, -0.15) is 9.64 Å². The zero-order chi connectivity index (χ0) is 19.5. The molecule has 1 saturated heterocycles. The van der Waals surface area contributed by atoms with Gasteiger partial charge in [0.1, 0.15) is 22.8 Å². The van der Waals surface area contributed by atoms with Crippen LogP contribution in [0.4, 0.5) is 10.2 Å². The fourth-order valence-corrected chi connectivity index (χ4v) is 4.26. The van der Waals surface area contributed by atoms with Crippen molar-refractivity contribution in [2.24, 2.45) is 0 Å². The maximum Gasteiger partial charge on any atom is 0.168 e. The summed E-state index contributed by atoms with van der Waals surface area (Å²) in [6.07, 6.45) is 3.71. The molecule has 7 nitrogen and oxygen atoms in total. The number of rotatable bonds is 5. The molecule has 2 N–H and O–H groups in total. The zero-order valence-electron chi connectivity index (χ0n) is 15.1. The van der Waals surface area contributed by atoms with Gasteiger partial charge in [0.05, 0.1) is 17.8 Å². The molecule has 0 bridgehead atoms. The third-order valence-electron chi connectivity index (χ3n) is 4.92. The molecule has 28 heavy (non-hydrogen) atoms. The van der Waals surface area contributed by atoms with E-state index in [4.69, 9.17) is 5.26 Å². The van der Waals surface area contributed by atoms with Crippen LogP contribution >= 0.6 is 11.5 Å². The Morgan fingerprint density at radius 3 is 3.07 bits per heavy atom. The summed E-state index contributed by atoms with van der Waals surface area (Å²) in [6.45, 7) is 1.80. The van der Waals surface area contributed by atoms with E-state index in [2.05, 4.69) is 24.8 Å². The van der Waals surface area contributed by atoms with E-state index < -0.39 is 0 Å². The van der Waals surface area contributed by atoms with Crippen molar-refractivity contribution in [1.82, 2.24) is 19.5 Å². The smallest absolute Gasteiger partial charge is 0.168 e. The number of phenols is 1. The van der Waals surface area contributed by atoms with Crippen molar-refractivity contribution in [3.05, 3.63) is 30.0 Å². The number of hydrogen-bond donors (Lipinski definition) is 2. The van der Waals surface area contributed by atoms with Crippen LogP contribution in [0.3, 0.4) is 0 Å². The average molecular weight is 398 g/mol. The van der Waals surface area contributed by atoms with Crippen LogP contribution < -0.4 is 5.32 Å². The van der Waals surface area contributed by atoms with E-state index >= 15 is 0 Å². The topological polar surface area (TPSA) is 98.0 Å². The fraction of sp³-hybridized carbons (Fsp3) is 0.368. The molecule has 4 rings (SSSR count). The first-order valence-electron chi connectivity index (χ1n) is 9.09. The zero-order valence-corrected chi connectivity index (χ0v) is 15.9. The number of likely N-dealkylation sites (tertiary alicyclic amines) is 1. The number of alkyl halides is 1. The lowest BCUT2D eigenvalue weighted by atomic mass is 10.0. The molecular weight excluding hydrogens is 379 g/mol. The lowest BCUT2D eigenvalue weighted by Crippen LogP contribution is -2.43. The summed E-state index contributed by atoms with van der Waals surface area (Å²) in [5, 5.41) is 32.2. The number of nitriles is 1. The number of halogens is 1. The van der Waals surface area contributed by atoms with Gasteiger partial charge in [0, 0.05) is 30.1 Å². The maximum atomic E-state index is 12.7. The number of aromatic nitrogens is 3. The molecule has 144 valence electrons. The number of phenolic OH excluding ortho intramolecular Hbond substituents is 1. The molecule has 9 heteroatoms. The number of fused-ring (bicyclic) bond motifs is 1. The minimum Gasteiger partial charge on any atom is -0.507 e. The highest BCUT2D eigenvalue weighted by Gasteiger charge is 2.22. The second-order valence-electron chi connectivity index (χ2n) is 6.78. The first-order chi connectivity index (χ1) is 13.7. The number of aromatic hydroxyl groups is 1. The van der Waals surface area contributed by atoms with Crippen molar-refractivity contribution in [1.29, 1.82) is 5.26 Å². The SMILES string of the molecule is N#Cc1ccc(-c2nnc(N[C@@H]3CCCN(CCF)C3)c3sncc23)c(O)c1. The molecule has 0 saturated carbocycles. The van der Waals surface area contributed by atoms with Gasteiger partial charge in [-0.3, -0.25) is 4.90 Å². The van der Waals surface area contributed by atoms with Gasteiger partial charge in [0.2, 0.25) is 0 Å². The third kappa shape index (κ3) is 3.61. The van der Waals surface area contributed by atoms with Gasteiger partial charge in [-0.15, -0.1) is 10.2 Å². The molecule has 0 radical (unpaired) electrons. The van der Waals surface area contributed by atoms with E-state index in [0.717, 1.165) is 36.0 Å². The Kier molecular flexibility index (Phi) is 5.32. The standard InChI is InChI=1S/C19H19FN6OS/c20-5-7-26-6-1-2-13(11-26)23-19-18-15(10-22-28-18)17(24-25-19)14-4-3-12(9-21)8-16(14)27/h3-4,8,10,13,27H,1-2,5-7,11H2,(H,23,25)/t13-/m1/s1. The number of anilines is 1. The molecule has 0 aliphatic carbocycles. The summed E-state index contributed by atoms with van der Waals surface area (Å²) in [5.74, 6) is 0.636. The Bertz CT molecular complexity index is 1030.